The monoisotopic (exact) mass is 394 g/mol. The zero-order valence-electron chi connectivity index (χ0n) is 16.7. The second-order valence-electron chi connectivity index (χ2n) is 7.29. The van der Waals surface area contributed by atoms with Crippen molar-refractivity contribution in [1.29, 1.82) is 0 Å². The summed E-state index contributed by atoms with van der Waals surface area (Å²) in [5, 5.41) is 0. The molecule has 146 valence electrons. The van der Waals surface area contributed by atoms with Crippen LogP contribution in [0.2, 0.25) is 0 Å². The molecule has 0 saturated heterocycles. The molecular weight excluding hydrogens is 366 g/mol. The molecule has 2 aromatic carbocycles. The fourth-order valence-corrected chi connectivity index (χ4v) is 4.09. The number of aromatic amines is 1. The lowest BCUT2D eigenvalue weighted by Crippen LogP contribution is -2.09. The van der Waals surface area contributed by atoms with Crippen LogP contribution in [0.3, 0.4) is 0 Å². The molecule has 0 amide bonds. The van der Waals surface area contributed by atoms with Gasteiger partial charge in [0.15, 0.2) is 12.4 Å². The molecule has 0 aliphatic rings. The third-order valence-electron chi connectivity index (χ3n) is 5.27. The second kappa shape index (κ2) is 10.4. The maximum absolute atomic E-state index is 6.35. The van der Waals surface area contributed by atoms with Crippen LogP contribution in [-0.4, -0.2) is 19.6 Å². The van der Waals surface area contributed by atoms with Gasteiger partial charge in [0.05, 0.1) is 0 Å². The van der Waals surface area contributed by atoms with E-state index in [1.54, 1.807) is 7.11 Å². The van der Waals surface area contributed by atoms with Crippen LogP contribution in [0.15, 0.2) is 67.0 Å². The maximum atomic E-state index is 6.35. The van der Waals surface area contributed by atoms with E-state index in [1.165, 1.54) is 33.4 Å². The number of aryl methyl sites for hydroxylation is 2. The first-order valence-corrected chi connectivity index (χ1v) is 10.4. The summed E-state index contributed by atoms with van der Waals surface area (Å²) in [4.78, 5) is 3.16. The van der Waals surface area contributed by atoms with E-state index in [1.807, 2.05) is 12.3 Å². The van der Waals surface area contributed by atoms with Crippen molar-refractivity contribution in [3.05, 3.63) is 89.2 Å². The Kier molecular flexibility index (Phi) is 7.64. The van der Waals surface area contributed by atoms with Gasteiger partial charge in [0.2, 0.25) is 0 Å². The molecule has 0 aliphatic carbocycles. The van der Waals surface area contributed by atoms with Crippen molar-refractivity contribution in [1.82, 2.24) is 0 Å². The van der Waals surface area contributed by atoms with Crippen molar-refractivity contribution in [2.24, 2.45) is 0 Å². The summed E-state index contributed by atoms with van der Waals surface area (Å²) in [5.74, 6) is 0.923. The molecule has 0 bridgehead atoms. The predicted molar refractivity (Wildman–Crippen MR) is 117 cm³/mol. The van der Waals surface area contributed by atoms with Crippen LogP contribution in [0.5, 0.6) is 0 Å². The van der Waals surface area contributed by atoms with E-state index < -0.39 is 0 Å². The summed E-state index contributed by atoms with van der Waals surface area (Å²) < 4.78 is 5.22. The van der Waals surface area contributed by atoms with Gasteiger partial charge in [-0.3, -0.25) is 0 Å². The van der Waals surface area contributed by atoms with Gasteiger partial charge in [-0.15, -0.1) is 11.6 Å². The van der Waals surface area contributed by atoms with Crippen LogP contribution in [0.1, 0.15) is 34.6 Å². The normalized spacial score (nSPS) is 12.1. The Balaban J connectivity index is 1.84. The lowest BCUT2D eigenvalue weighted by Gasteiger charge is -2.18. The molecule has 1 unspecified atom stereocenters. The Labute approximate surface area is 173 Å². The second-order valence-corrected chi connectivity index (χ2v) is 7.60. The minimum Gasteiger partial charge on any atom is -0.385 e. The molecular formula is C25H29ClNO+. The number of methoxy groups -OCH3 is 1. The van der Waals surface area contributed by atoms with Crippen molar-refractivity contribution < 1.29 is 9.72 Å². The molecule has 3 rings (SSSR count). The van der Waals surface area contributed by atoms with Gasteiger partial charge in [-0.25, -0.2) is 4.98 Å². The van der Waals surface area contributed by atoms with Gasteiger partial charge < -0.3 is 4.74 Å². The third-order valence-corrected chi connectivity index (χ3v) is 5.64. The van der Waals surface area contributed by atoms with Gasteiger partial charge in [-0.1, -0.05) is 42.5 Å². The SMILES string of the molecule is COCCCc1ccccc1-c1ccc(C(CCl)Cc2ccc[nH+]c2)c(C)c1. The van der Waals surface area contributed by atoms with Crippen molar-refractivity contribution in [2.75, 3.05) is 19.6 Å². The Morgan fingerprint density at radius 1 is 1.07 bits per heavy atom. The molecule has 3 aromatic rings. The molecule has 0 aliphatic heterocycles. The fraction of sp³-hybridized carbons (Fsp3) is 0.320. The first-order valence-electron chi connectivity index (χ1n) is 9.91. The molecule has 1 N–H and O–H groups in total. The number of nitrogens with one attached hydrogen (secondary N) is 1. The van der Waals surface area contributed by atoms with Crippen LogP contribution in [0.4, 0.5) is 0 Å². The maximum Gasteiger partial charge on any atom is 0.170 e. The van der Waals surface area contributed by atoms with E-state index >= 15 is 0 Å². The van der Waals surface area contributed by atoms with Crippen molar-refractivity contribution in [3.63, 3.8) is 0 Å². The van der Waals surface area contributed by atoms with Crippen LogP contribution >= 0.6 is 11.6 Å². The van der Waals surface area contributed by atoms with E-state index in [2.05, 4.69) is 66.6 Å². The molecule has 0 saturated carbocycles. The van der Waals surface area contributed by atoms with Crippen LogP contribution < -0.4 is 4.98 Å². The van der Waals surface area contributed by atoms with Gasteiger partial charge in [0.25, 0.3) is 0 Å². The number of halogens is 1. The zero-order chi connectivity index (χ0) is 19.8. The lowest BCUT2D eigenvalue weighted by molar-refractivity contribution is -0.378. The van der Waals surface area contributed by atoms with Crippen molar-refractivity contribution in [3.8, 4) is 11.1 Å². The summed E-state index contributed by atoms with van der Waals surface area (Å²) >= 11 is 6.35. The van der Waals surface area contributed by atoms with Crippen molar-refractivity contribution >= 4 is 11.6 Å². The highest BCUT2D eigenvalue weighted by Gasteiger charge is 2.16. The quantitative estimate of drug-likeness (QED) is 0.341. The minimum atomic E-state index is 0.309. The van der Waals surface area contributed by atoms with Crippen LogP contribution in [-0.2, 0) is 17.6 Å². The number of benzene rings is 2. The summed E-state index contributed by atoms with van der Waals surface area (Å²) in [6, 6.07) is 19.7. The van der Waals surface area contributed by atoms with E-state index in [9.17, 15) is 0 Å². The highest BCUT2D eigenvalue weighted by atomic mass is 35.5. The standard InChI is InChI=1S/C25H28ClNO/c1-19-15-22(25-10-4-3-8-21(25)9-6-14-28-2)11-12-24(19)23(17-26)16-20-7-5-13-27-18-20/h3-5,7-8,10-13,15,18,23H,6,9,14,16-17H2,1-2H3/p+1. The molecule has 1 atom stereocenters. The molecule has 0 radical (unpaired) electrons. The van der Waals surface area contributed by atoms with Gasteiger partial charge in [0.1, 0.15) is 0 Å². The number of hydrogen-bond donors (Lipinski definition) is 0. The number of ether oxygens (including phenoxy) is 1. The highest BCUT2D eigenvalue weighted by molar-refractivity contribution is 6.18. The number of hydrogen-bond acceptors (Lipinski definition) is 1. The summed E-state index contributed by atoms with van der Waals surface area (Å²) in [7, 11) is 1.76. The molecule has 0 spiro atoms. The molecule has 28 heavy (non-hydrogen) atoms. The largest absolute Gasteiger partial charge is 0.385 e. The Hall–Kier alpha value is -2.16. The Morgan fingerprint density at radius 2 is 1.93 bits per heavy atom. The van der Waals surface area contributed by atoms with Gasteiger partial charge >= 0.3 is 0 Å². The molecule has 2 nitrogen and oxygen atoms in total. The van der Waals surface area contributed by atoms with Crippen LogP contribution in [0, 0.1) is 6.92 Å². The average Bonchev–Trinajstić information content (AvgIpc) is 2.73. The van der Waals surface area contributed by atoms with Gasteiger partial charge in [-0.2, -0.15) is 0 Å². The average molecular weight is 395 g/mol. The highest BCUT2D eigenvalue weighted by Crippen LogP contribution is 2.31. The molecule has 1 aromatic heterocycles. The summed E-state index contributed by atoms with van der Waals surface area (Å²) in [5.41, 5.74) is 7.87. The zero-order valence-corrected chi connectivity index (χ0v) is 17.5. The Morgan fingerprint density at radius 3 is 2.64 bits per heavy atom. The molecule has 0 fully saturated rings. The van der Waals surface area contributed by atoms with E-state index in [-0.39, 0.29) is 0 Å². The van der Waals surface area contributed by atoms with Gasteiger partial charge in [0, 0.05) is 37.1 Å². The van der Waals surface area contributed by atoms with Gasteiger partial charge in [-0.05, 0) is 60.1 Å². The van der Waals surface area contributed by atoms with E-state index in [0.717, 1.165) is 25.9 Å². The van der Waals surface area contributed by atoms with Crippen LogP contribution in [0.25, 0.3) is 11.1 Å². The van der Waals surface area contributed by atoms with Crippen molar-refractivity contribution in [2.45, 2.75) is 32.1 Å². The predicted octanol–water partition coefficient (Wildman–Crippen LogP) is 5.62. The van der Waals surface area contributed by atoms with E-state index in [4.69, 9.17) is 16.3 Å². The number of H-pyrrole nitrogens is 1. The lowest BCUT2D eigenvalue weighted by atomic mass is 9.88. The third kappa shape index (κ3) is 5.21. The molecule has 1 heterocycles. The first kappa shape index (κ1) is 20.6. The number of aromatic nitrogens is 1. The fourth-order valence-electron chi connectivity index (χ4n) is 3.82. The van der Waals surface area contributed by atoms with E-state index in [0.29, 0.717) is 11.8 Å². The minimum absolute atomic E-state index is 0.309. The number of rotatable bonds is 9. The number of alkyl halides is 1. The summed E-state index contributed by atoms with van der Waals surface area (Å²) in [6.07, 6.45) is 6.99. The summed E-state index contributed by atoms with van der Waals surface area (Å²) in [6.45, 7) is 2.99. The topological polar surface area (TPSA) is 23.4 Å². The Bertz CT molecular complexity index is 879. The number of pyridine rings is 1. The smallest absolute Gasteiger partial charge is 0.170 e. The first-order chi connectivity index (χ1) is 13.7. The molecule has 3 heteroatoms.